The number of nitrogens with one attached hydrogen (secondary N) is 1. The highest BCUT2D eigenvalue weighted by Crippen LogP contribution is 2.27. The Bertz CT molecular complexity index is 654. The van der Waals surface area contributed by atoms with Crippen LogP contribution in [-0.2, 0) is 19.9 Å². The Morgan fingerprint density at radius 3 is 2.50 bits per heavy atom. The molecule has 2 atom stereocenters. The van der Waals surface area contributed by atoms with Crippen molar-refractivity contribution in [2.24, 2.45) is 0 Å². The second-order valence-corrected chi connectivity index (χ2v) is 11.0. The summed E-state index contributed by atoms with van der Waals surface area (Å²) < 4.78 is 49.8. The predicted octanol–water partition coefficient (Wildman–Crippen LogP) is 1.19. The molecule has 5 nitrogen and oxygen atoms in total. The average Bonchev–Trinajstić information content (AvgIpc) is 2.71. The average molecular weight is 395 g/mol. The van der Waals surface area contributed by atoms with Crippen molar-refractivity contribution >= 4 is 58.7 Å². The molecule has 1 aromatic rings. The molecule has 1 aliphatic heterocycles. The summed E-state index contributed by atoms with van der Waals surface area (Å²) >= 11 is 10.1. The molecule has 1 fully saturated rings. The van der Waals surface area contributed by atoms with E-state index in [1.54, 1.807) is 6.07 Å². The van der Waals surface area contributed by atoms with Gasteiger partial charge in [-0.2, -0.15) is 0 Å². The van der Waals surface area contributed by atoms with E-state index in [9.17, 15) is 16.8 Å². The topological polar surface area (TPSA) is 80.3 Å². The van der Waals surface area contributed by atoms with Gasteiger partial charge in [-0.1, -0.05) is 0 Å². The van der Waals surface area contributed by atoms with Gasteiger partial charge in [0.1, 0.15) is 4.21 Å². The quantitative estimate of drug-likeness (QED) is 0.781. The van der Waals surface area contributed by atoms with Crippen molar-refractivity contribution in [2.75, 3.05) is 11.5 Å². The highest BCUT2D eigenvalue weighted by molar-refractivity contribution is 9.11. The molecule has 0 aromatic carbocycles. The zero-order chi connectivity index (χ0) is 13.6. The minimum atomic E-state index is -3.72. The molecule has 0 radical (unpaired) electrons. The number of alkyl halides is 1. The lowest BCUT2D eigenvalue weighted by Gasteiger charge is -2.13. The summed E-state index contributed by atoms with van der Waals surface area (Å²) in [6.07, 6.45) is 0. The van der Waals surface area contributed by atoms with E-state index < -0.39 is 31.3 Å². The van der Waals surface area contributed by atoms with Crippen molar-refractivity contribution in [3.8, 4) is 0 Å². The zero-order valence-electron chi connectivity index (χ0n) is 8.84. The van der Waals surface area contributed by atoms with E-state index in [1.165, 1.54) is 6.07 Å². The monoisotopic (exact) mass is 393 g/mol. The number of sulfone groups is 1. The summed E-state index contributed by atoms with van der Waals surface area (Å²) in [6, 6.07) is 2.29. The van der Waals surface area contributed by atoms with Crippen LogP contribution in [0.4, 0.5) is 0 Å². The summed E-state index contributed by atoms with van der Waals surface area (Å²) in [5, 5.41) is -0.729. The Hall–Kier alpha value is 0.330. The van der Waals surface area contributed by atoms with Crippen molar-refractivity contribution in [1.29, 1.82) is 0 Å². The minimum Gasteiger partial charge on any atom is -0.229 e. The van der Waals surface area contributed by atoms with E-state index in [1.807, 2.05) is 0 Å². The molecule has 2 rings (SSSR count). The first-order chi connectivity index (χ1) is 8.20. The lowest BCUT2D eigenvalue weighted by molar-refractivity contribution is 0.565. The fraction of sp³-hybridized carbons (Fsp3) is 0.500. The molecular weight excluding hydrogens is 386 g/mol. The fourth-order valence-electron chi connectivity index (χ4n) is 1.61. The first kappa shape index (κ1) is 14.7. The van der Waals surface area contributed by atoms with Gasteiger partial charge in [0.25, 0.3) is 0 Å². The van der Waals surface area contributed by atoms with E-state index in [2.05, 4.69) is 20.7 Å². The largest absolute Gasteiger partial charge is 0.250 e. The van der Waals surface area contributed by atoms with Gasteiger partial charge in [0.05, 0.1) is 26.7 Å². The molecular formula is C8H9BrClNO4S3. The molecule has 2 heterocycles. The standard InChI is InChI=1S/C8H9BrClNO4S3/c9-7-1-2-8(16-7)18(14,15)11-6-4-17(12,13)3-5(6)10/h1-2,5-6,11H,3-4H2. The molecule has 0 aliphatic carbocycles. The van der Waals surface area contributed by atoms with Crippen LogP contribution in [0.5, 0.6) is 0 Å². The first-order valence-electron chi connectivity index (χ1n) is 4.82. The van der Waals surface area contributed by atoms with Gasteiger partial charge in [-0.3, -0.25) is 0 Å². The highest BCUT2D eigenvalue weighted by atomic mass is 79.9. The molecule has 1 saturated heterocycles. The molecule has 2 unspecified atom stereocenters. The van der Waals surface area contributed by atoms with Gasteiger partial charge in [-0.05, 0) is 28.1 Å². The van der Waals surface area contributed by atoms with Gasteiger partial charge in [0.15, 0.2) is 9.84 Å². The van der Waals surface area contributed by atoms with Gasteiger partial charge >= 0.3 is 0 Å². The lowest BCUT2D eigenvalue weighted by Crippen LogP contribution is -2.40. The maximum absolute atomic E-state index is 12.0. The summed E-state index contributed by atoms with van der Waals surface area (Å²) in [6.45, 7) is 0. The fourth-order valence-corrected chi connectivity index (χ4v) is 7.65. The molecule has 18 heavy (non-hydrogen) atoms. The molecule has 0 saturated carbocycles. The van der Waals surface area contributed by atoms with Crippen LogP contribution in [0.3, 0.4) is 0 Å². The third-order valence-electron chi connectivity index (χ3n) is 2.40. The van der Waals surface area contributed by atoms with Crippen molar-refractivity contribution in [1.82, 2.24) is 4.72 Å². The smallest absolute Gasteiger partial charge is 0.229 e. The first-order valence-corrected chi connectivity index (χ1v) is 10.2. The van der Waals surface area contributed by atoms with Crippen molar-refractivity contribution in [2.45, 2.75) is 15.6 Å². The maximum atomic E-state index is 12.0. The lowest BCUT2D eigenvalue weighted by atomic mass is 10.3. The highest BCUT2D eigenvalue weighted by Gasteiger charge is 2.39. The molecule has 10 heteroatoms. The Morgan fingerprint density at radius 1 is 1.39 bits per heavy atom. The number of hydrogen-bond donors (Lipinski definition) is 1. The summed E-state index contributed by atoms with van der Waals surface area (Å²) in [4.78, 5) is 0. The molecule has 102 valence electrons. The van der Waals surface area contributed by atoms with E-state index in [0.717, 1.165) is 11.3 Å². The van der Waals surface area contributed by atoms with E-state index in [-0.39, 0.29) is 15.7 Å². The van der Waals surface area contributed by atoms with Crippen LogP contribution in [0, 0.1) is 0 Å². The second kappa shape index (κ2) is 5.02. The van der Waals surface area contributed by atoms with Crippen LogP contribution >= 0.6 is 38.9 Å². The van der Waals surface area contributed by atoms with E-state index in [0.29, 0.717) is 3.79 Å². The number of hydrogen-bond acceptors (Lipinski definition) is 5. The van der Waals surface area contributed by atoms with Crippen LogP contribution in [0.1, 0.15) is 0 Å². The summed E-state index contributed by atoms with van der Waals surface area (Å²) in [5.41, 5.74) is 0. The molecule has 1 aliphatic rings. The van der Waals surface area contributed by atoms with Crippen LogP contribution < -0.4 is 4.72 Å². The molecule has 1 N–H and O–H groups in total. The summed E-state index contributed by atoms with van der Waals surface area (Å²) in [5.74, 6) is -0.456. The Morgan fingerprint density at radius 2 is 2.06 bits per heavy atom. The van der Waals surface area contributed by atoms with Crippen LogP contribution in [0.2, 0.25) is 0 Å². The third kappa shape index (κ3) is 3.26. The number of thiophene rings is 1. The van der Waals surface area contributed by atoms with Gasteiger partial charge in [-0.25, -0.2) is 21.6 Å². The van der Waals surface area contributed by atoms with Gasteiger partial charge in [0.2, 0.25) is 10.0 Å². The van der Waals surface area contributed by atoms with Crippen molar-refractivity contribution in [3.63, 3.8) is 0 Å². The van der Waals surface area contributed by atoms with Crippen LogP contribution in [0.25, 0.3) is 0 Å². The normalized spacial score (nSPS) is 27.4. The predicted molar refractivity (Wildman–Crippen MR) is 74.4 cm³/mol. The molecule has 0 spiro atoms. The van der Waals surface area contributed by atoms with Crippen molar-refractivity contribution < 1.29 is 16.8 Å². The Labute approximate surface area is 123 Å². The van der Waals surface area contributed by atoms with Crippen LogP contribution in [0.15, 0.2) is 20.1 Å². The summed E-state index contributed by atoms with van der Waals surface area (Å²) in [7, 11) is -6.98. The number of rotatable bonds is 3. The molecule has 0 bridgehead atoms. The maximum Gasteiger partial charge on any atom is 0.250 e. The van der Waals surface area contributed by atoms with Crippen molar-refractivity contribution in [3.05, 3.63) is 15.9 Å². The molecule has 0 amide bonds. The Kier molecular flexibility index (Phi) is 4.11. The Balaban J connectivity index is 2.20. The zero-order valence-corrected chi connectivity index (χ0v) is 13.6. The minimum absolute atomic E-state index is 0.127. The van der Waals surface area contributed by atoms with Gasteiger partial charge in [0, 0.05) is 0 Å². The van der Waals surface area contributed by atoms with E-state index >= 15 is 0 Å². The third-order valence-corrected chi connectivity index (χ3v) is 8.38. The number of halogens is 2. The number of sulfonamides is 1. The van der Waals surface area contributed by atoms with Gasteiger partial charge in [-0.15, -0.1) is 22.9 Å². The van der Waals surface area contributed by atoms with E-state index in [4.69, 9.17) is 11.6 Å². The van der Waals surface area contributed by atoms with Gasteiger partial charge < -0.3 is 0 Å². The van der Waals surface area contributed by atoms with Crippen LogP contribution in [-0.4, -0.2) is 39.8 Å². The SMILES string of the molecule is O=S1(=O)CC(Cl)C(NS(=O)(=O)c2ccc(Br)s2)C1. The second-order valence-electron chi connectivity index (χ2n) is 3.88. The molecule has 1 aromatic heterocycles.